The van der Waals surface area contributed by atoms with E-state index < -0.39 is 80.4 Å². The smallest absolute Gasteiger partial charge is 0.187 e. The van der Waals surface area contributed by atoms with Crippen LogP contribution in [0.3, 0.4) is 0 Å². The molecule has 0 aromatic carbocycles. The number of aliphatic hydroxyl groups excluding tert-OH is 7. The van der Waals surface area contributed by atoms with Crippen molar-refractivity contribution in [2.75, 3.05) is 19.8 Å². The molecule has 8 rings (SSSR count). The van der Waals surface area contributed by atoms with Crippen LogP contribution in [0.15, 0.2) is 0 Å². The van der Waals surface area contributed by atoms with Gasteiger partial charge < -0.3 is 64.2 Å². The lowest BCUT2D eigenvalue weighted by Gasteiger charge is -2.61. The maximum absolute atomic E-state index is 11.2. The maximum atomic E-state index is 11.2. The quantitative estimate of drug-likeness (QED) is 0.194. The summed E-state index contributed by atoms with van der Waals surface area (Å²) in [6, 6.07) is 0. The lowest BCUT2D eigenvalue weighted by molar-refractivity contribution is -0.364. The van der Waals surface area contributed by atoms with Crippen molar-refractivity contribution in [3.8, 4) is 0 Å². The molecule has 52 heavy (non-hydrogen) atoms. The highest BCUT2D eigenvalue weighted by Crippen LogP contribution is 2.71. The first-order chi connectivity index (χ1) is 24.7. The molecular formula is C39H64O13. The van der Waals surface area contributed by atoms with Gasteiger partial charge >= 0.3 is 0 Å². The van der Waals surface area contributed by atoms with E-state index in [1.807, 2.05) is 0 Å². The zero-order chi connectivity index (χ0) is 36.9. The molecule has 13 heteroatoms. The van der Waals surface area contributed by atoms with Gasteiger partial charge in [0, 0.05) is 12.3 Å². The summed E-state index contributed by atoms with van der Waals surface area (Å²) >= 11 is 0. The summed E-state index contributed by atoms with van der Waals surface area (Å²) in [5.41, 5.74) is 0.468. The second kappa shape index (κ2) is 14.1. The molecule has 4 aliphatic heterocycles. The van der Waals surface area contributed by atoms with E-state index in [-0.39, 0.29) is 23.0 Å². The molecule has 12 unspecified atom stereocenters. The lowest BCUT2D eigenvalue weighted by atomic mass is 9.44. The van der Waals surface area contributed by atoms with E-state index in [0.29, 0.717) is 41.4 Å². The minimum absolute atomic E-state index is 0.188. The Bertz CT molecular complexity index is 1260. The Morgan fingerprint density at radius 1 is 0.673 bits per heavy atom. The molecule has 4 heterocycles. The first-order valence-corrected chi connectivity index (χ1v) is 20.3. The molecule has 0 radical (unpaired) electrons. The van der Waals surface area contributed by atoms with E-state index in [9.17, 15) is 35.7 Å². The zero-order valence-corrected chi connectivity index (χ0v) is 31.2. The molecule has 8 aliphatic rings. The van der Waals surface area contributed by atoms with Gasteiger partial charge in [-0.3, -0.25) is 0 Å². The number of hydrogen-bond donors (Lipinski definition) is 7. The topological polar surface area (TPSA) is 197 Å². The van der Waals surface area contributed by atoms with Crippen LogP contribution in [0.4, 0.5) is 0 Å². The Kier molecular flexibility index (Phi) is 10.4. The molecule has 4 aliphatic carbocycles. The summed E-state index contributed by atoms with van der Waals surface area (Å²) in [4.78, 5) is 0. The monoisotopic (exact) mass is 740 g/mol. The molecular weight excluding hydrogens is 676 g/mol. The van der Waals surface area contributed by atoms with Crippen LogP contribution < -0.4 is 0 Å². The third-order valence-corrected chi connectivity index (χ3v) is 16.2. The fraction of sp³-hybridized carbons (Fsp3) is 1.00. The van der Waals surface area contributed by atoms with E-state index in [1.54, 1.807) is 0 Å². The van der Waals surface area contributed by atoms with Crippen molar-refractivity contribution < 1.29 is 64.2 Å². The molecule has 22 atom stereocenters. The maximum Gasteiger partial charge on any atom is 0.187 e. The average molecular weight is 741 g/mol. The van der Waals surface area contributed by atoms with Gasteiger partial charge in [-0.15, -0.1) is 0 Å². The Hall–Kier alpha value is -0.520. The number of rotatable bonds is 6. The van der Waals surface area contributed by atoms with Crippen LogP contribution in [-0.4, -0.2) is 135 Å². The van der Waals surface area contributed by atoms with Crippen molar-refractivity contribution in [1.82, 2.24) is 0 Å². The van der Waals surface area contributed by atoms with Crippen molar-refractivity contribution in [2.24, 2.45) is 52.3 Å². The van der Waals surface area contributed by atoms with Gasteiger partial charge in [-0.25, -0.2) is 0 Å². The number of ether oxygens (including phenoxy) is 6. The number of hydrogen-bond acceptors (Lipinski definition) is 13. The van der Waals surface area contributed by atoms with Crippen molar-refractivity contribution in [2.45, 2.75) is 171 Å². The summed E-state index contributed by atoms with van der Waals surface area (Å²) in [7, 11) is 0. The van der Waals surface area contributed by atoms with Crippen LogP contribution >= 0.6 is 0 Å². The van der Waals surface area contributed by atoms with E-state index >= 15 is 0 Å². The van der Waals surface area contributed by atoms with Crippen LogP contribution in [-0.2, 0) is 28.4 Å². The van der Waals surface area contributed by atoms with E-state index in [0.717, 1.165) is 45.1 Å². The Morgan fingerprint density at radius 2 is 1.37 bits per heavy atom. The first kappa shape index (κ1) is 38.4. The fourth-order valence-electron chi connectivity index (χ4n) is 13.2. The van der Waals surface area contributed by atoms with Crippen LogP contribution in [0.1, 0.15) is 91.9 Å². The summed E-state index contributed by atoms with van der Waals surface area (Å²) in [5.74, 6) is 3.63. The van der Waals surface area contributed by atoms with Gasteiger partial charge in [-0.2, -0.15) is 0 Å². The summed E-state index contributed by atoms with van der Waals surface area (Å²) in [5, 5.41) is 72.8. The summed E-state index contributed by atoms with van der Waals surface area (Å²) < 4.78 is 37.0. The lowest BCUT2D eigenvalue weighted by Crippen LogP contribution is -2.65. The van der Waals surface area contributed by atoms with Crippen molar-refractivity contribution in [1.29, 1.82) is 0 Å². The van der Waals surface area contributed by atoms with Gasteiger partial charge in [-0.05, 0) is 104 Å². The minimum Gasteiger partial charge on any atom is -0.394 e. The van der Waals surface area contributed by atoms with Crippen LogP contribution in [0.25, 0.3) is 0 Å². The summed E-state index contributed by atoms with van der Waals surface area (Å²) in [6.07, 6.45) is -3.66. The number of aliphatic hydroxyl groups is 7. The molecule has 298 valence electrons. The van der Waals surface area contributed by atoms with Crippen LogP contribution in [0, 0.1) is 52.3 Å². The SMILES string of the molecule is CC1CCC2(OC1)OC1CC3C4CCC5CC(O[C@@H]6O[C@H](CO)[C@@H](O[C@@H]7O[C@H](CO)[C@@H](O)[C@H](O)[C@H]7O)[C@H](O)[C@H]6O)CCC5(C)C4CCC3(C)C1C2C. The third kappa shape index (κ3) is 5.98. The highest BCUT2D eigenvalue weighted by molar-refractivity contribution is 5.15. The average Bonchev–Trinajstić information content (AvgIpc) is 3.58. The Balaban J connectivity index is 0.892. The van der Waals surface area contributed by atoms with E-state index in [1.165, 1.54) is 25.7 Å². The van der Waals surface area contributed by atoms with Gasteiger partial charge in [-0.1, -0.05) is 27.7 Å². The number of fused-ring (bicyclic) bond motifs is 7. The second-order valence-electron chi connectivity index (χ2n) is 18.7. The molecule has 4 saturated carbocycles. The highest BCUT2D eigenvalue weighted by Gasteiger charge is 2.69. The van der Waals surface area contributed by atoms with E-state index in [2.05, 4.69) is 27.7 Å². The standard InChI is InChI=1S/C39H64O13/c1-18-7-12-39(47-17-18)19(2)28-25(52-39)14-24-22-6-5-20-13-21(8-10-37(20,3)23(22)9-11-38(24,28)4)48-35-33(46)31(44)34(27(16-41)50-35)51-36-32(45)30(43)29(42)26(15-40)49-36/h18-36,40-46H,5-17H2,1-4H3/t18?,19?,20?,21?,22?,23?,24?,25?,26-,27-,28?,29-,30+,31-,32-,33-,34-,35-,36+,37?,38?,39?/m1/s1. The summed E-state index contributed by atoms with van der Waals surface area (Å²) in [6.45, 7) is 9.33. The van der Waals surface area contributed by atoms with Gasteiger partial charge in [0.15, 0.2) is 18.4 Å². The molecule has 0 aromatic heterocycles. The molecule has 4 saturated heterocycles. The molecule has 0 bridgehead atoms. The highest BCUT2D eigenvalue weighted by atomic mass is 16.7. The van der Waals surface area contributed by atoms with Gasteiger partial charge in [0.05, 0.1) is 32.0 Å². The third-order valence-electron chi connectivity index (χ3n) is 16.2. The molecule has 13 nitrogen and oxygen atoms in total. The molecule has 7 N–H and O–H groups in total. The van der Waals surface area contributed by atoms with Gasteiger partial charge in [0.1, 0.15) is 48.8 Å². The predicted molar refractivity (Wildman–Crippen MR) is 183 cm³/mol. The van der Waals surface area contributed by atoms with Crippen molar-refractivity contribution in [3.63, 3.8) is 0 Å². The van der Waals surface area contributed by atoms with Crippen molar-refractivity contribution in [3.05, 3.63) is 0 Å². The largest absolute Gasteiger partial charge is 0.394 e. The minimum atomic E-state index is -1.71. The first-order valence-electron chi connectivity index (χ1n) is 20.3. The Morgan fingerprint density at radius 3 is 2.08 bits per heavy atom. The van der Waals surface area contributed by atoms with Crippen LogP contribution in [0.5, 0.6) is 0 Å². The van der Waals surface area contributed by atoms with Crippen LogP contribution in [0.2, 0.25) is 0 Å². The van der Waals surface area contributed by atoms with Gasteiger partial charge in [0.2, 0.25) is 0 Å². The predicted octanol–water partition coefficient (Wildman–Crippen LogP) is 1.44. The molecule has 8 fully saturated rings. The second-order valence-corrected chi connectivity index (χ2v) is 18.7. The molecule has 0 amide bonds. The fourth-order valence-corrected chi connectivity index (χ4v) is 13.2. The Labute approximate surface area is 307 Å². The van der Waals surface area contributed by atoms with E-state index in [4.69, 9.17) is 28.4 Å². The normalized spacial score (nSPS) is 59.0. The molecule has 1 spiro atoms. The molecule has 0 aromatic rings. The zero-order valence-electron chi connectivity index (χ0n) is 31.2. The van der Waals surface area contributed by atoms with Gasteiger partial charge in [0.25, 0.3) is 0 Å². The van der Waals surface area contributed by atoms with Crippen molar-refractivity contribution >= 4 is 0 Å².